The number of nitrogens with zero attached hydrogens (tertiary/aromatic N) is 2. The lowest BCUT2D eigenvalue weighted by Gasteiger charge is -1.70. The third-order valence-electron chi connectivity index (χ3n) is 0.637. The molecule has 8 heavy (non-hydrogen) atoms. The van der Waals surface area contributed by atoms with Crippen LogP contribution in [0.15, 0.2) is 9.98 Å². The van der Waals surface area contributed by atoms with Crippen LogP contribution >= 0.6 is 0 Å². The lowest BCUT2D eigenvalue weighted by atomic mass is 10.7. The first-order chi connectivity index (χ1) is 3.83. The van der Waals surface area contributed by atoms with Gasteiger partial charge < -0.3 is 0 Å². The fourth-order valence-corrected chi connectivity index (χ4v) is 0.349. The zero-order valence-corrected chi connectivity index (χ0v) is 3.87. The largest absolute Gasteiger partial charge is 0.294 e. The molecule has 1 aliphatic rings. The molecule has 0 aromatic carbocycles. The lowest BCUT2D eigenvalue weighted by molar-refractivity contribution is -0.111. The Kier molecular flexibility index (Phi) is 0.997. The highest BCUT2D eigenvalue weighted by Crippen LogP contribution is 1.85. The van der Waals surface area contributed by atoms with Crippen molar-refractivity contribution in [2.45, 2.75) is 0 Å². The first-order valence-corrected chi connectivity index (χ1v) is 1.95. The predicted octanol–water partition coefficient (Wildman–Crippen LogP) is -0.805. The van der Waals surface area contributed by atoms with Gasteiger partial charge in [0, 0.05) is 0 Å². The molecule has 4 nitrogen and oxygen atoms in total. The average Bonchev–Trinajstić information content (AvgIpc) is 2.14. The molecule has 0 unspecified atom stereocenters. The van der Waals surface area contributed by atoms with Crippen molar-refractivity contribution in [2.75, 3.05) is 0 Å². The molecule has 0 saturated heterocycles. The highest BCUT2D eigenvalue weighted by Gasteiger charge is 2.04. The molecule has 0 spiro atoms. The van der Waals surface area contributed by atoms with Crippen molar-refractivity contribution < 1.29 is 9.59 Å². The standard InChI is InChI=1S/C4H2N2O2/c7-2-3-5-1-4(8)6-3/h1-2H. The molecule has 4 heteroatoms. The molecule has 1 amide bonds. The molecule has 0 radical (unpaired) electrons. The van der Waals surface area contributed by atoms with E-state index in [9.17, 15) is 9.59 Å². The molecule has 0 saturated carbocycles. The van der Waals surface area contributed by atoms with Gasteiger partial charge in [-0.05, 0) is 0 Å². The number of amides is 1. The van der Waals surface area contributed by atoms with Crippen molar-refractivity contribution in [2.24, 2.45) is 9.98 Å². The van der Waals surface area contributed by atoms with E-state index in [0.29, 0.717) is 6.29 Å². The summed E-state index contributed by atoms with van der Waals surface area (Å²) >= 11 is 0. The van der Waals surface area contributed by atoms with Crippen molar-refractivity contribution in [3.63, 3.8) is 0 Å². The van der Waals surface area contributed by atoms with Crippen LogP contribution in [0.5, 0.6) is 0 Å². The smallest absolute Gasteiger partial charge is 0.290 e. The Labute approximate surface area is 44.9 Å². The van der Waals surface area contributed by atoms with Gasteiger partial charge >= 0.3 is 0 Å². The Morgan fingerprint density at radius 2 is 2.38 bits per heavy atom. The summed E-state index contributed by atoms with van der Waals surface area (Å²) in [4.78, 5) is 26.4. The third kappa shape index (κ3) is 0.676. The Morgan fingerprint density at radius 1 is 1.62 bits per heavy atom. The van der Waals surface area contributed by atoms with Crippen LogP contribution in [0.1, 0.15) is 0 Å². The summed E-state index contributed by atoms with van der Waals surface area (Å²) in [5.74, 6) is -0.512. The molecule has 0 fully saturated rings. The highest BCUT2D eigenvalue weighted by molar-refractivity contribution is 6.44. The molecule has 0 N–H and O–H groups in total. The molecule has 1 aliphatic heterocycles. The minimum Gasteiger partial charge on any atom is -0.294 e. The molecule has 0 aliphatic carbocycles. The van der Waals surface area contributed by atoms with E-state index in [2.05, 4.69) is 9.98 Å². The summed E-state index contributed by atoms with van der Waals surface area (Å²) in [6.45, 7) is 0. The Morgan fingerprint density at radius 3 is 2.62 bits per heavy atom. The third-order valence-corrected chi connectivity index (χ3v) is 0.637. The van der Waals surface area contributed by atoms with E-state index in [1.165, 1.54) is 0 Å². The van der Waals surface area contributed by atoms with E-state index in [-0.39, 0.29) is 5.84 Å². The second-order valence-electron chi connectivity index (χ2n) is 1.18. The number of carbonyl (C=O) groups is 2. The van der Waals surface area contributed by atoms with Gasteiger partial charge in [-0.25, -0.2) is 4.99 Å². The van der Waals surface area contributed by atoms with Crippen molar-refractivity contribution in [1.82, 2.24) is 0 Å². The van der Waals surface area contributed by atoms with Crippen LogP contribution in [0.3, 0.4) is 0 Å². The summed E-state index contributed by atoms with van der Waals surface area (Å²) < 4.78 is 0. The number of rotatable bonds is 1. The molecule has 40 valence electrons. The van der Waals surface area contributed by atoms with Crippen LogP contribution in [0.25, 0.3) is 0 Å². The maximum Gasteiger partial charge on any atom is 0.290 e. The molecule has 1 rings (SSSR count). The number of amidine groups is 1. The number of hydrogen-bond donors (Lipinski definition) is 0. The molecule has 0 bridgehead atoms. The number of hydrogen-bond acceptors (Lipinski definition) is 3. The maximum absolute atomic E-state index is 10.1. The van der Waals surface area contributed by atoms with Gasteiger partial charge in [-0.15, -0.1) is 0 Å². The van der Waals surface area contributed by atoms with Crippen molar-refractivity contribution in [3.8, 4) is 0 Å². The molecular weight excluding hydrogens is 108 g/mol. The second kappa shape index (κ2) is 1.65. The quantitative estimate of drug-likeness (QED) is 0.414. The van der Waals surface area contributed by atoms with Crippen LogP contribution in [0, 0.1) is 0 Å². The van der Waals surface area contributed by atoms with Gasteiger partial charge in [0.05, 0.1) is 6.21 Å². The van der Waals surface area contributed by atoms with Crippen LogP contribution in [0.4, 0.5) is 0 Å². The minimum atomic E-state index is -0.466. The SMILES string of the molecule is O=CC1=NC(=O)C=N1. The van der Waals surface area contributed by atoms with Crippen LogP contribution in [-0.2, 0) is 9.59 Å². The fraction of sp³-hybridized carbons (Fsp3) is 0. The van der Waals surface area contributed by atoms with Gasteiger partial charge in [0.1, 0.15) is 0 Å². The monoisotopic (exact) mass is 110 g/mol. The van der Waals surface area contributed by atoms with Gasteiger partial charge in [-0.3, -0.25) is 9.59 Å². The number of aliphatic imine (C=N–C) groups is 2. The average molecular weight is 110 g/mol. The second-order valence-corrected chi connectivity index (χ2v) is 1.18. The summed E-state index contributed by atoms with van der Waals surface area (Å²) in [5, 5.41) is 0. The van der Waals surface area contributed by atoms with Gasteiger partial charge in [0.2, 0.25) is 0 Å². The van der Waals surface area contributed by atoms with E-state index in [4.69, 9.17) is 0 Å². The van der Waals surface area contributed by atoms with Crippen molar-refractivity contribution >= 4 is 24.2 Å². The van der Waals surface area contributed by atoms with Crippen LogP contribution in [-0.4, -0.2) is 24.2 Å². The predicted molar refractivity (Wildman–Crippen MR) is 27.0 cm³/mol. The van der Waals surface area contributed by atoms with Crippen LogP contribution < -0.4 is 0 Å². The number of aldehydes is 1. The first-order valence-electron chi connectivity index (χ1n) is 1.95. The zero-order valence-electron chi connectivity index (χ0n) is 3.87. The van der Waals surface area contributed by atoms with Gasteiger partial charge in [-0.2, -0.15) is 4.99 Å². The van der Waals surface area contributed by atoms with E-state index in [1.54, 1.807) is 0 Å². The summed E-state index contributed by atoms with van der Waals surface area (Å²) in [5.41, 5.74) is 0. The van der Waals surface area contributed by atoms with E-state index in [1.807, 2.05) is 0 Å². The lowest BCUT2D eigenvalue weighted by Crippen LogP contribution is -1.90. The van der Waals surface area contributed by atoms with Crippen molar-refractivity contribution in [3.05, 3.63) is 0 Å². The molecule has 0 aromatic rings. The van der Waals surface area contributed by atoms with Crippen LogP contribution in [0.2, 0.25) is 0 Å². The number of carbonyl (C=O) groups excluding carboxylic acids is 2. The van der Waals surface area contributed by atoms with E-state index >= 15 is 0 Å². The fourth-order valence-electron chi connectivity index (χ4n) is 0.349. The summed E-state index contributed by atoms with van der Waals surface area (Å²) in [6.07, 6.45) is 1.44. The topological polar surface area (TPSA) is 58.9 Å². The summed E-state index contributed by atoms with van der Waals surface area (Å²) in [7, 11) is 0. The first kappa shape index (κ1) is 4.83. The summed E-state index contributed by atoms with van der Waals surface area (Å²) in [6, 6.07) is 0. The molecular formula is C4H2N2O2. The molecule has 0 aromatic heterocycles. The van der Waals surface area contributed by atoms with Gasteiger partial charge in [0.15, 0.2) is 12.1 Å². The maximum atomic E-state index is 10.1. The minimum absolute atomic E-state index is 0.0463. The Hall–Kier alpha value is -1.32. The van der Waals surface area contributed by atoms with E-state index in [0.717, 1.165) is 6.21 Å². The zero-order chi connectivity index (χ0) is 5.98. The molecule has 1 heterocycles. The van der Waals surface area contributed by atoms with E-state index < -0.39 is 5.91 Å². The molecule has 0 atom stereocenters. The highest BCUT2D eigenvalue weighted by atomic mass is 16.2. The Balaban J connectivity index is 2.87. The normalized spacial score (nSPS) is 16.5. The Bertz CT molecular complexity index is 192. The van der Waals surface area contributed by atoms with Gasteiger partial charge in [-0.1, -0.05) is 0 Å². The van der Waals surface area contributed by atoms with Gasteiger partial charge in [0.25, 0.3) is 5.91 Å². The van der Waals surface area contributed by atoms with Crippen molar-refractivity contribution in [1.29, 1.82) is 0 Å².